The molecule has 0 aliphatic carbocycles. The van der Waals surface area contributed by atoms with Crippen LogP contribution in [0.5, 0.6) is 0 Å². The molecule has 75 heavy (non-hydrogen) atoms. The topological polar surface area (TPSA) is 78.9 Å². The third kappa shape index (κ3) is 61.1. The van der Waals surface area contributed by atoms with Crippen LogP contribution in [0, 0.1) is 0 Å². The van der Waals surface area contributed by atoms with E-state index in [1.54, 1.807) is 0 Å². The van der Waals surface area contributed by atoms with E-state index in [9.17, 15) is 14.4 Å². The molecule has 0 saturated heterocycles. The van der Waals surface area contributed by atoms with Crippen LogP contribution in [-0.4, -0.2) is 37.2 Å². The van der Waals surface area contributed by atoms with Gasteiger partial charge in [0.05, 0.1) is 0 Å². The zero-order valence-corrected chi connectivity index (χ0v) is 49.3. The molecule has 0 rings (SSSR count). The van der Waals surface area contributed by atoms with Gasteiger partial charge in [0.25, 0.3) is 0 Å². The summed E-state index contributed by atoms with van der Waals surface area (Å²) in [6, 6.07) is 0. The van der Waals surface area contributed by atoms with E-state index in [2.05, 4.69) is 118 Å². The lowest BCUT2D eigenvalue weighted by atomic mass is 10.0. The Bertz CT molecular complexity index is 1480. The Morgan fingerprint density at radius 1 is 0.280 bits per heavy atom. The second-order valence-corrected chi connectivity index (χ2v) is 20.9. The van der Waals surface area contributed by atoms with Crippen LogP contribution >= 0.6 is 0 Å². The van der Waals surface area contributed by atoms with Crippen molar-refractivity contribution in [2.24, 2.45) is 0 Å². The van der Waals surface area contributed by atoms with Crippen molar-refractivity contribution in [3.05, 3.63) is 97.2 Å². The van der Waals surface area contributed by atoms with Gasteiger partial charge >= 0.3 is 17.9 Å². The summed E-state index contributed by atoms with van der Waals surface area (Å²) in [6.45, 7) is 6.42. The molecule has 0 aliphatic heterocycles. The van der Waals surface area contributed by atoms with Gasteiger partial charge in [0.15, 0.2) is 6.10 Å². The molecule has 0 aromatic rings. The molecule has 0 aliphatic rings. The van der Waals surface area contributed by atoms with Gasteiger partial charge in [0.1, 0.15) is 13.2 Å². The first-order valence-corrected chi connectivity index (χ1v) is 31.7. The zero-order valence-electron chi connectivity index (χ0n) is 49.3. The standard InChI is InChI=1S/C69H118O6/c1-4-7-10-13-16-19-22-25-27-29-30-31-32-33-34-35-36-37-38-40-41-44-47-50-53-56-59-62-68(71)74-65-66(64-73-67(70)61-58-55-52-49-46-43-24-21-18-15-12-9-6-3)75-69(72)63-60-57-54-51-48-45-42-39-28-26-23-20-17-14-11-8-5-2/h8,11-12,15,17,20-21,24,26,28-30,42,45,51,54,66H,4-7,9-10,13-14,16,18-19,22-23,25,27,31-41,43-44,46-50,52-53,55-65H2,1-3H3/b11-8-,15-12-,20-17-,24-21-,28-26-,30-29-,45-42-,54-51-. The van der Waals surface area contributed by atoms with Crippen molar-refractivity contribution in [2.75, 3.05) is 13.2 Å². The summed E-state index contributed by atoms with van der Waals surface area (Å²) < 4.78 is 16.8. The first-order chi connectivity index (χ1) is 37.0. The van der Waals surface area contributed by atoms with Crippen molar-refractivity contribution in [2.45, 2.75) is 309 Å². The SMILES string of the molecule is CC/C=C\C/C=C\C/C=C\C/C=C\C/C=C\CCCC(=O)OC(COC(=O)CCCCCCC/C=C\C/C=C\CCC)COC(=O)CCCCCCCCCCCCCCCCC/C=C\CCCCCCCCCC. The highest BCUT2D eigenvalue weighted by atomic mass is 16.6. The molecule has 1 atom stereocenters. The van der Waals surface area contributed by atoms with Crippen LogP contribution in [0.15, 0.2) is 97.2 Å². The van der Waals surface area contributed by atoms with Crippen molar-refractivity contribution in [1.29, 1.82) is 0 Å². The number of hydrogen-bond acceptors (Lipinski definition) is 6. The molecule has 0 spiro atoms. The van der Waals surface area contributed by atoms with Gasteiger partial charge in [-0.25, -0.2) is 0 Å². The number of ether oxygens (including phenoxy) is 3. The Morgan fingerprint density at radius 3 is 0.920 bits per heavy atom. The third-order valence-electron chi connectivity index (χ3n) is 13.5. The Labute approximate surface area is 464 Å². The third-order valence-corrected chi connectivity index (χ3v) is 13.5. The van der Waals surface area contributed by atoms with E-state index in [1.807, 2.05) is 0 Å². The van der Waals surface area contributed by atoms with Crippen LogP contribution in [0.25, 0.3) is 0 Å². The van der Waals surface area contributed by atoms with Crippen molar-refractivity contribution < 1.29 is 28.6 Å². The van der Waals surface area contributed by atoms with Crippen molar-refractivity contribution in [3.63, 3.8) is 0 Å². The van der Waals surface area contributed by atoms with Gasteiger partial charge in [-0.15, -0.1) is 0 Å². The number of rotatable bonds is 57. The molecule has 0 heterocycles. The molecular weight excluding hydrogens is 925 g/mol. The minimum absolute atomic E-state index is 0.104. The van der Waals surface area contributed by atoms with Crippen LogP contribution < -0.4 is 0 Å². The minimum Gasteiger partial charge on any atom is -0.462 e. The number of esters is 3. The smallest absolute Gasteiger partial charge is 0.306 e. The molecule has 0 amide bonds. The second kappa shape index (κ2) is 62.9. The lowest BCUT2D eigenvalue weighted by Crippen LogP contribution is -2.30. The Hall–Kier alpha value is -3.67. The summed E-state index contributed by atoms with van der Waals surface area (Å²) in [5.41, 5.74) is 0. The van der Waals surface area contributed by atoms with Crippen LogP contribution in [0.2, 0.25) is 0 Å². The van der Waals surface area contributed by atoms with Gasteiger partial charge in [0.2, 0.25) is 0 Å². The number of carbonyl (C=O) groups excluding carboxylic acids is 3. The molecule has 0 fully saturated rings. The first-order valence-electron chi connectivity index (χ1n) is 31.7. The van der Waals surface area contributed by atoms with E-state index >= 15 is 0 Å². The van der Waals surface area contributed by atoms with E-state index in [0.29, 0.717) is 19.3 Å². The quantitative estimate of drug-likeness (QED) is 0.0261. The predicted octanol–water partition coefficient (Wildman–Crippen LogP) is 21.7. The maximum absolute atomic E-state index is 12.9. The van der Waals surface area contributed by atoms with Crippen molar-refractivity contribution in [3.8, 4) is 0 Å². The molecule has 0 aromatic carbocycles. The van der Waals surface area contributed by atoms with Gasteiger partial charge < -0.3 is 14.2 Å². The minimum atomic E-state index is -0.814. The van der Waals surface area contributed by atoms with E-state index in [0.717, 1.165) is 109 Å². The molecule has 430 valence electrons. The summed E-state index contributed by atoms with van der Waals surface area (Å²) in [7, 11) is 0. The average molecular weight is 1040 g/mol. The molecule has 6 heteroatoms. The van der Waals surface area contributed by atoms with Gasteiger partial charge in [-0.05, 0) is 109 Å². The van der Waals surface area contributed by atoms with E-state index < -0.39 is 6.10 Å². The van der Waals surface area contributed by atoms with Gasteiger partial charge in [-0.2, -0.15) is 0 Å². The fourth-order valence-electron chi connectivity index (χ4n) is 8.81. The lowest BCUT2D eigenvalue weighted by Gasteiger charge is -2.18. The fraction of sp³-hybridized carbons (Fsp3) is 0.725. The average Bonchev–Trinajstić information content (AvgIpc) is 3.41. The number of allylic oxidation sites excluding steroid dienone is 16. The lowest BCUT2D eigenvalue weighted by molar-refractivity contribution is -0.167. The summed E-state index contributed by atoms with van der Waals surface area (Å²) >= 11 is 0. The normalized spacial score (nSPS) is 12.7. The summed E-state index contributed by atoms with van der Waals surface area (Å²) in [5, 5.41) is 0. The largest absolute Gasteiger partial charge is 0.462 e. The maximum Gasteiger partial charge on any atom is 0.306 e. The van der Waals surface area contributed by atoms with Crippen LogP contribution in [0.4, 0.5) is 0 Å². The monoisotopic (exact) mass is 1040 g/mol. The van der Waals surface area contributed by atoms with Crippen LogP contribution in [-0.2, 0) is 28.6 Å². The Morgan fingerprint density at radius 2 is 0.560 bits per heavy atom. The number of hydrogen-bond donors (Lipinski definition) is 0. The van der Waals surface area contributed by atoms with Crippen LogP contribution in [0.1, 0.15) is 303 Å². The van der Waals surface area contributed by atoms with E-state index in [1.165, 1.54) is 148 Å². The highest BCUT2D eigenvalue weighted by Gasteiger charge is 2.19. The Kier molecular flexibility index (Phi) is 59.8. The van der Waals surface area contributed by atoms with E-state index in [-0.39, 0.29) is 37.5 Å². The second-order valence-electron chi connectivity index (χ2n) is 20.9. The molecular formula is C69H118O6. The first kappa shape index (κ1) is 71.3. The molecule has 0 N–H and O–H groups in total. The summed E-state index contributed by atoms with van der Waals surface area (Å²) in [5.74, 6) is -0.971. The van der Waals surface area contributed by atoms with Gasteiger partial charge in [0, 0.05) is 19.3 Å². The molecule has 0 aromatic heterocycles. The number of carbonyl (C=O) groups is 3. The zero-order chi connectivity index (χ0) is 54.3. The molecule has 0 radical (unpaired) electrons. The highest BCUT2D eigenvalue weighted by Crippen LogP contribution is 2.16. The summed E-state index contributed by atoms with van der Waals surface area (Å²) in [4.78, 5) is 38.2. The fourth-order valence-corrected chi connectivity index (χ4v) is 8.81. The maximum atomic E-state index is 12.9. The van der Waals surface area contributed by atoms with Crippen molar-refractivity contribution in [1.82, 2.24) is 0 Å². The molecule has 0 bridgehead atoms. The Balaban J connectivity index is 4.31. The molecule has 1 unspecified atom stereocenters. The van der Waals surface area contributed by atoms with Gasteiger partial charge in [-0.3, -0.25) is 14.4 Å². The molecule has 6 nitrogen and oxygen atoms in total. The van der Waals surface area contributed by atoms with Gasteiger partial charge in [-0.1, -0.05) is 272 Å². The molecule has 0 saturated carbocycles. The van der Waals surface area contributed by atoms with E-state index in [4.69, 9.17) is 14.2 Å². The summed E-state index contributed by atoms with van der Waals surface area (Å²) in [6.07, 6.45) is 84.3. The highest BCUT2D eigenvalue weighted by molar-refractivity contribution is 5.71. The number of unbranched alkanes of at least 4 members (excludes halogenated alkanes) is 30. The van der Waals surface area contributed by atoms with Crippen LogP contribution in [0.3, 0.4) is 0 Å². The van der Waals surface area contributed by atoms with Crippen molar-refractivity contribution >= 4 is 17.9 Å². The predicted molar refractivity (Wildman–Crippen MR) is 325 cm³/mol.